The van der Waals surface area contributed by atoms with Crippen molar-refractivity contribution in [2.24, 2.45) is 5.92 Å². The van der Waals surface area contributed by atoms with Crippen molar-refractivity contribution in [3.05, 3.63) is 0 Å². The van der Waals surface area contributed by atoms with E-state index in [0.29, 0.717) is 18.9 Å². The molecule has 5 heteroatoms. The van der Waals surface area contributed by atoms with Crippen molar-refractivity contribution in [1.29, 1.82) is 0 Å². The molecule has 108 valence electrons. The van der Waals surface area contributed by atoms with Crippen LogP contribution in [0.3, 0.4) is 0 Å². The minimum absolute atomic E-state index is 0.0828. The van der Waals surface area contributed by atoms with Crippen LogP contribution >= 0.6 is 0 Å². The molecule has 2 fully saturated rings. The third-order valence-corrected chi connectivity index (χ3v) is 4.70. The number of hydrogen-bond acceptors (Lipinski definition) is 2. The number of carbonyl (C=O) groups is 2. The van der Waals surface area contributed by atoms with E-state index in [4.69, 9.17) is 0 Å². The van der Waals surface area contributed by atoms with Crippen molar-refractivity contribution < 1.29 is 14.7 Å². The first-order chi connectivity index (χ1) is 8.99. The minimum atomic E-state index is -1.02. The van der Waals surface area contributed by atoms with Crippen molar-refractivity contribution in [2.45, 2.75) is 51.5 Å². The number of amides is 2. The monoisotopic (exact) mass is 268 g/mol. The number of carboxylic acid groups (broad SMARTS) is 1. The molecule has 2 rings (SSSR count). The number of piperidine rings is 1. The van der Waals surface area contributed by atoms with E-state index in [1.54, 1.807) is 11.8 Å². The van der Waals surface area contributed by atoms with Crippen LogP contribution in [0.15, 0.2) is 0 Å². The molecule has 1 N–H and O–H groups in total. The van der Waals surface area contributed by atoms with Gasteiger partial charge in [-0.15, -0.1) is 0 Å². The number of carbonyl (C=O) groups excluding carboxylic acids is 1. The van der Waals surface area contributed by atoms with E-state index in [1.807, 2.05) is 4.90 Å². The van der Waals surface area contributed by atoms with E-state index in [9.17, 15) is 14.7 Å². The third kappa shape index (κ3) is 2.55. The Kier molecular flexibility index (Phi) is 4.02. The van der Waals surface area contributed by atoms with Crippen LogP contribution in [0.1, 0.15) is 46.0 Å². The number of urea groups is 1. The van der Waals surface area contributed by atoms with E-state index in [1.165, 1.54) is 6.42 Å². The largest absolute Gasteiger partial charge is 0.480 e. The van der Waals surface area contributed by atoms with Gasteiger partial charge in [-0.2, -0.15) is 0 Å². The third-order valence-electron chi connectivity index (χ3n) is 4.70. The molecule has 0 spiro atoms. The molecule has 2 amide bonds. The summed E-state index contributed by atoms with van der Waals surface area (Å²) in [6.07, 6.45) is 4.62. The van der Waals surface area contributed by atoms with Crippen LogP contribution in [0.5, 0.6) is 0 Å². The van der Waals surface area contributed by atoms with Gasteiger partial charge in [0.1, 0.15) is 5.54 Å². The lowest BCUT2D eigenvalue weighted by atomic mass is 9.95. The molecule has 0 aliphatic carbocycles. The first-order valence-electron chi connectivity index (χ1n) is 7.29. The smallest absolute Gasteiger partial charge is 0.329 e. The Bertz CT molecular complexity index is 372. The summed E-state index contributed by atoms with van der Waals surface area (Å²) in [6.45, 7) is 5.93. The molecular weight excluding hydrogens is 244 g/mol. The Morgan fingerprint density at radius 3 is 2.68 bits per heavy atom. The van der Waals surface area contributed by atoms with Crippen LogP contribution in [-0.4, -0.2) is 52.1 Å². The van der Waals surface area contributed by atoms with Crippen LogP contribution < -0.4 is 0 Å². The summed E-state index contributed by atoms with van der Waals surface area (Å²) in [5.41, 5.74) is -1.02. The second-order valence-electron chi connectivity index (χ2n) is 5.98. The predicted molar refractivity (Wildman–Crippen MR) is 72.0 cm³/mol. The zero-order chi connectivity index (χ0) is 14.0. The fourth-order valence-corrected chi connectivity index (χ4v) is 3.23. The van der Waals surface area contributed by atoms with Gasteiger partial charge in [0.15, 0.2) is 0 Å². The Morgan fingerprint density at radius 1 is 1.32 bits per heavy atom. The van der Waals surface area contributed by atoms with Gasteiger partial charge in [0.2, 0.25) is 0 Å². The summed E-state index contributed by atoms with van der Waals surface area (Å²) in [7, 11) is 0. The molecule has 0 aromatic rings. The number of hydrogen-bond donors (Lipinski definition) is 1. The first kappa shape index (κ1) is 14.2. The Balaban J connectivity index is 2.08. The van der Waals surface area contributed by atoms with Gasteiger partial charge < -0.3 is 14.9 Å². The van der Waals surface area contributed by atoms with Crippen molar-refractivity contribution in [2.75, 3.05) is 19.6 Å². The van der Waals surface area contributed by atoms with Gasteiger partial charge >= 0.3 is 12.0 Å². The molecule has 0 saturated carbocycles. The number of aliphatic carboxylic acids is 1. The lowest BCUT2D eigenvalue weighted by Gasteiger charge is -2.39. The van der Waals surface area contributed by atoms with E-state index in [0.717, 1.165) is 32.4 Å². The molecule has 2 saturated heterocycles. The van der Waals surface area contributed by atoms with Crippen molar-refractivity contribution >= 4 is 12.0 Å². The van der Waals surface area contributed by atoms with Gasteiger partial charge in [-0.1, -0.05) is 13.3 Å². The number of nitrogens with zero attached hydrogens (tertiary/aromatic N) is 2. The maximum Gasteiger partial charge on any atom is 0.329 e. The molecule has 2 aliphatic rings. The van der Waals surface area contributed by atoms with Crippen LogP contribution in [0.4, 0.5) is 4.79 Å². The van der Waals surface area contributed by atoms with E-state index in [2.05, 4.69) is 6.92 Å². The van der Waals surface area contributed by atoms with Crippen LogP contribution in [0.2, 0.25) is 0 Å². The molecule has 2 atom stereocenters. The highest BCUT2D eigenvalue weighted by atomic mass is 16.4. The molecule has 19 heavy (non-hydrogen) atoms. The maximum absolute atomic E-state index is 12.6. The Morgan fingerprint density at radius 2 is 2.05 bits per heavy atom. The second kappa shape index (κ2) is 5.39. The second-order valence-corrected chi connectivity index (χ2v) is 5.98. The van der Waals surface area contributed by atoms with Gasteiger partial charge in [-0.3, -0.25) is 0 Å². The SMILES string of the molecule is CCC1CCCN(C(=O)N2CCCC2(C)C(=O)O)C1. The molecule has 5 nitrogen and oxygen atoms in total. The van der Waals surface area contributed by atoms with Crippen LogP contribution in [0.25, 0.3) is 0 Å². The Hall–Kier alpha value is -1.26. The fraction of sp³-hybridized carbons (Fsp3) is 0.857. The summed E-state index contributed by atoms with van der Waals surface area (Å²) < 4.78 is 0. The van der Waals surface area contributed by atoms with E-state index in [-0.39, 0.29) is 6.03 Å². The molecule has 0 aromatic heterocycles. The first-order valence-corrected chi connectivity index (χ1v) is 7.29. The highest BCUT2D eigenvalue weighted by Crippen LogP contribution is 2.31. The normalized spacial score (nSPS) is 31.6. The number of likely N-dealkylation sites (tertiary alicyclic amines) is 2. The summed E-state index contributed by atoms with van der Waals surface area (Å²) in [4.78, 5) is 27.4. The van der Waals surface area contributed by atoms with E-state index >= 15 is 0 Å². The minimum Gasteiger partial charge on any atom is -0.480 e. The highest BCUT2D eigenvalue weighted by molar-refractivity contribution is 5.86. The summed E-state index contributed by atoms with van der Waals surface area (Å²) in [5.74, 6) is -0.321. The Labute approximate surface area is 114 Å². The molecular formula is C14H24N2O3. The molecule has 2 aliphatic heterocycles. The molecule has 2 unspecified atom stereocenters. The lowest BCUT2D eigenvalue weighted by Crippen LogP contribution is -2.56. The number of rotatable bonds is 2. The number of carboxylic acids is 1. The topological polar surface area (TPSA) is 60.9 Å². The average Bonchev–Trinajstić information content (AvgIpc) is 2.81. The molecule has 0 aromatic carbocycles. The molecule has 0 bridgehead atoms. The average molecular weight is 268 g/mol. The van der Waals surface area contributed by atoms with Gasteiger partial charge in [0.25, 0.3) is 0 Å². The zero-order valence-corrected chi connectivity index (χ0v) is 11.9. The quantitative estimate of drug-likeness (QED) is 0.835. The van der Waals surface area contributed by atoms with Crippen molar-refractivity contribution in [1.82, 2.24) is 9.80 Å². The summed E-state index contributed by atoms with van der Waals surface area (Å²) in [6, 6.07) is -0.0828. The summed E-state index contributed by atoms with van der Waals surface area (Å²) in [5, 5.41) is 9.38. The standard InChI is InChI=1S/C14H24N2O3/c1-3-11-6-4-8-15(10-11)13(19)16-9-5-7-14(16,2)12(17)18/h11H,3-10H2,1-2H3,(H,17,18). The molecule has 2 heterocycles. The van der Waals surface area contributed by atoms with Crippen molar-refractivity contribution in [3.63, 3.8) is 0 Å². The van der Waals surface area contributed by atoms with Crippen LogP contribution in [-0.2, 0) is 4.79 Å². The lowest BCUT2D eigenvalue weighted by molar-refractivity contribution is -0.147. The van der Waals surface area contributed by atoms with E-state index < -0.39 is 11.5 Å². The summed E-state index contributed by atoms with van der Waals surface area (Å²) >= 11 is 0. The van der Waals surface area contributed by atoms with Gasteiger partial charge in [-0.25, -0.2) is 9.59 Å². The molecule has 0 radical (unpaired) electrons. The van der Waals surface area contributed by atoms with Gasteiger partial charge in [0, 0.05) is 19.6 Å². The predicted octanol–water partition coefficient (Wildman–Crippen LogP) is 2.17. The highest BCUT2D eigenvalue weighted by Gasteiger charge is 2.47. The van der Waals surface area contributed by atoms with Crippen molar-refractivity contribution in [3.8, 4) is 0 Å². The zero-order valence-electron chi connectivity index (χ0n) is 11.9. The van der Waals surface area contributed by atoms with Gasteiger partial charge in [-0.05, 0) is 38.5 Å². The van der Waals surface area contributed by atoms with Gasteiger partial charge in [0.05, 0.1) is 0 Å². The maximum atomic E-state index is 12.6. The van der Waals surface area contributed by atoms with Crippen LogP contribution in [0, 0.1) is 5.92 Å². The fourth-order valence-electron chi connectivity index (χ4n) is 3.23.